The Morgan fingerprint density at radius 2 is 2.11 bits per heavy atom. The first-order valence-corrected chi connectivity index (χ1v) is 6.55. The number of aromatic nitrogens is 3. The summed E-state index contributed by atoms with van der Waals surface area (Å²) in [4.78, 5) is 4.59. The van der Waals surface area contributed by atoms with Crippen LogP contribution in [0.2, 0.25) is 0 Å². The Bertz CT molecular complexity index is 532. The SMILES string of the molecule is CCC1C(C)CNc2nc(-c3ccccc3)nn21. The molecule has 94 valence electrons. The predicted octanol–water partition coefficient (Wildman–Crippen LogP) is 2.96. The molecule has 1 aliphatic heterocycles. The van der Waals surface area contributed by atoms with Crippen LogP contribution >= 0.6 is 0 Å². The summed E-state index contributed by atoms with van der Waals surface area (Å²) in [5.74, 6) is 2.30. The highest BCUT2D eigenvalue weighted by atomic mass is 15.4. The Hall–Kier alpha value is -1.84. The third-order valence-electron chi connectivity index (χ3n) is 3.63. The molecule has 2 aromatic rings. The molecule has 1 N–H and O–H groups in total. The minimum atomic E-state index is 0.450. The number of anilines is 1. The third-order valence-corrected chi connectivity index (χ3v) is 3.63. The van der Waals surface area contributed by atoms with Crippen LogP contribution in [0.25, 0.3) is 11.4 Å². The Morgan fingerprint density at radius 1 is 1.33 bits per heavy atom. The molecule has 0 saturated carbocycles. The molecule has 2 unspecified atom stereocenters. The number of benzene rings is 1. The monoisotopic (exact) mass is 242 g/mol. The molecule has 2 heterocycles. The molecule has 1 aromatic carbocycles. The highest BCUT2D eigenvalue weighted by Gasteiger charge is 2.27. The Balaban J connectivity index is 2.02. The molecule has 1 aromatic heterocycles. The van der Waals surface area contributed by atoms with Crippen LogP contribution in [-0.4, -0.2) is 21.3 Å². The Morgan fingerprint density at radius 3 is 2.83 bits per heavy atom. The van der Waals surface area contributed by atoms with Crippen molar-refractivity contribution in [1.82, 2.24) is 14.8 Å². The van der Waals surface area contributed by atoms with Crippen LogP contribution in [-0.2, 0) is 0 Å². The summed E-state index contributed by atoms with van der Waals surface area (Å²) in [5, 5.41) is 8.02. The van der Waals surface area contributed by atoms with E-state index in [2.05, 4.69) is 33.9 Å². The number of hydrogen-bond acceptors (Lipinski definition) is 3. The number of rotatable bonds is 2. The van der Waals surface area contributed by atoms with E-state index in [1.54, 1.807) is 0 Å². The van der Waals surface area contributed by atoms with Crippen molar-refractivity contribution in [2.24, 2.45) is 5.92 Å². The lowest BCUT2D eigenvalue weighted by Gasteiger charge is -2.29. The van der Waals surface area contributed by atoms with Gasteiger partial charge in [0.25, 0.3) is 0 Å². The first-order valence-electron chi connectivity index (χ1n) is 6.55. The minimum absolute atomic E-state index is 0.450. The van der Waals surface area contributed by atoms with Crippen molar-refractivity contribution < 1.29 is 0 Å². The largest absolute Gasteiger partial charge is 0.354 e. The van der Waals surface area contributed by atoms with Crippen molar-refractivity contribution in [1.29, 1.82) is 0 Å². The maximum absolute atomic E-state index is 4.67. The summed E-state index contributed by atoms with van der Waals surface area (Å²) in [7, 11) is 0. The molecular formula is C14H18N4. The van der Waals surface area contributed by atoms with Gasteiger partial charge in [-0.15, -0.1) is 5.10 Å². The van der Waals surface area contributed by atoms with E-state index in [1.165, 1.54) is 0 Å². The molecule has 4 nitrogen and oxygen atoms in total. The van der Waals surface area contributed by atoms with Crippen LogP contribution < -0.4 is 5.32 Å². The van der Waals surface area contributed by atoms with Crippen molar-refractivity contribution in [3.05, 3.63) is 30.3 Å². The maximum Gasteiger partial charge on any atom is 0.221 e. The van der Waals surface area contributed by atoms with E-state index >= 15 is 0 Å². The highest BCUT2D eigenvalue weighted by molar-refractivity contribution is 5.56. The summed E-state index contributed by atoms with van der Waals surface area (Å²) in [5.41, 5.74) is 1.07. The first kappa shape index (κ1) is 11.3. The molecular weight excluding hydrogens is 224 g/mol. The Kier molecular flexibility index (Phi) is 2.78. The molecule has 0 amide bonds. The van der Waals surface area contributed by atoms with Gasteiger partial charge in [0.05, 0.1) is 6.04 Å². The predicted molar refractivity (Wildman–Crippen MR) is 72.4 cm³/mol. The molecule has 1 aliphatic rings. The summed E-state index contributed by atoms with van der Waals surface area (Å²) in [6, 6.07) is 10.6. The van der Waals surface area contributed by atoms with E-state index < -0.39 is 0 Å². The third kappa shape index (κ3) is 1.78. The van der Waals surface area contributed by atoms with Gasteiger partial charge >= 0.3 is 0 Å². The molecule has 0 radical (unpaired) electrons. The van der Waals surface area contributed by atoms with Gasteiger partial charge < -0.3 is 5.32 Å². The number of nitrogens with one attached hydrogen (secondary N) is 1. The fraction of sp³-hybridized carbons (Fsp3) is 0.429. The number of fused-ring (bicyclic) bond motifs is 1. The molecule has 0 bridgehead atoms. The molecule has 0 aliphatic carbocycles. The number of hydrogen-bond donors (Lipinski definition) is 1. The average Bonchev–Trinajstić information content (AvgIpc) is 2.84. The molecule has 2 atom stereocenters. The molecule has 3 rings (SSSR count). The summed E-state index contributed by atoms with van der Waals surface area (Å²) < 4.78 is 2.05. The lowest BCUT2D eigenvalue weighted by Crippen LogP contribution is -2.31. The fourth-order valence-electron chi connectivity index (χ4n) is 2.59. The van der Waals surface area contributed by atoms with Crippen molar-refractivity contribution >= 4 is 5.95 Å². The van der Waals surface area contributed by atoms with Gasteiger partial charge in [0.15, 0.2) is 5.82 Å². The van der Waals surface area contributed by atoms with Gasteiger partial charge in [-0.25, -0.2) is 4.68 Å². The van der Waals surface area contributed by atoms with Crippen LogP contribution in [0.5, 0.6) is 0 Å². The standard InChI is InChI=1S/C14H18N4/c1-3-12-10(2)9-15-14-16-13(17-18(12)14)11-7-5-4-6-8-11/h4-8,10,12H,3,9H2,1-2H3,(H,15,16,17). The second kappa shape index (κ2) is 4.44. The van der Waals surface area contributed by atoms with E-state index in [1.807, 2.05) is 30.3 Å². The fourth-order valence-corrected chi connectivity index (χ4v) is 2.59. The van der Waals surface area contributed by atoms with Gasteiger partial charge in [-0.05, 0) is 12.3 Å². The van der Waals surface area contributed by atoms with E-state index in [-0.39, 0.29) is 0 Å². The van der Waals surface area contributed by atoms with E-state index in [4.69, 9.17) is 0 Å². The highest BCUT2D eigenvalue weighted by Crippen LogP contribution is 2.30. The molecule has 0 saturated heterocycles. The molecule has 0 fully saturated rings. The molecule has 18 heavy (non-hydrogen) atoms. The van der Waals surface area contributed by atoms with Gasteiger partial charge in [0, 0.05) is 12.1 Å². The van der Waals surface area contributed by atoms with E-state index in [9.17, 15) is 0 Å². The second-order valence-electron chi connectivity index (χ2n) is 4.90. The van der Waals surface area contributed by atoms with Crippen LogP contribution in [0.15, 0.2) is 30.3 Å². The maximum atomic E-state index is 4.67. The zero-order valence-corrected chi connectivity index (χ0v) is 10.8. The van der Waals surface area contributed by atoms with Gasteiger partial charge in [-0.1, -0.05) is 44.2 Å². The van der Waals surface area contributed by atoms with Crippen LogP contribution in [0.3, 0.4) is 0 Å². The second-order valence-corrected chi connectivity index (χ2v) is 4.90. The smallest absolute Gasteiger partial charge is 0.221 e. The summed E-state index contributed by atoms with van der Waals surface area (Å²) >= 11 is 0. The first-order chi connectivity index (χ1) is 8.79. The Labute approximate surface area is 107 Å². The van der Waals surface area contributed by atoms with Crippen molar-refractivity contribution in [3.63, 3.8) is 0 Å². The van der Waals surface area contributed by atoms with Crippen LogP contribution in [0, 0.1) is 5.92 Å². The van der Waals surface area contributed by atoms with Crippen LogP contribution in [0.1, 0.15) is 26.3 Å². The molecule has 4 heteroatoms. The van der Waals surface area contributed by atoms with Crippen LogP contribution in [0.4, 0.5) is 5.95 Å². The average molecular weight is 242 g/mol. The zero-order chi connectivity index (χ0) is 12.5. The van der Waals surface area contributed by atoms with Crippen molar-refractivity contribution in [2.45, 2.75) is 26.3 Å². The van der Waals surface area contributed by atoms with Gasteiger partial charge in [-0.3, -0.25) is 0 Å². The quantitative estimate of drug-likeness (QED) is 0.880. The van der Waals surface area contributed by atoms with Crippen molar-refractivity contribution in [2.75, 3.05) is 11.9 Å². The normalized spacial score (nSPS) is 22.3. The van der Waals surface area contributed by atoms with Gasteiger partial charge in [0.1, 0.15) is 0 Å². The zero-order valence-electron chi connectivity index (χ0n) is 10.8. The summed E-state index contributed by atoms with van der Waals surface area (Å²) in [6.45, 7) is 5.44. The van der Waals surface area contributed by atoms with Gasteiger partial charge in [-0.2, -0.15) is 4.98 Å². The van der Waals surface area contributed by atoms with E-state index in [0.29, 0.717) is 12.0 Å². The topological polar surface area (TPSA) is 42.7 Å². The lowest BCUT2D eigenvalue weighted by atomic mass is 9.98. The van der Waals surface area contributed by atoms with E-state index in [0.717, 1.165) is 30.3 Å². The minimum Gasteiger partial charge on any atom is -0.354 e. The lowest BCUT2D eigenvalue weighted by molar-refractivity contribution is 0.312. The van der Waals surface area contributed by atoms with Gasteiger partial charge in [0.2, 0.25) is 5.95 Å². The molecule has 0 spiro atoms. The summed E-state index contributed by atoms with van der Waals surface area (Å²) in [6.07, 6.45) is 1.09. The van der Waals surface area contributed by atoms with Crippen molar-refractivity contribution in [3.8, 4) is 11.4 Å². The number of nitrogens with zero attached hydrogens (tertiary/aromatic N) is 3.